The van der Waals surface area contributed by atoms with E-state index in [0.29, 0.717) is 17.9 Å². The Kier molecular flexibility index (Phi) is 7.47. The van der Waals surface area contributed by atoms with Gasteiger partial charge in [-0.15, -0.1) is 0 Å². The van der Waals surface area contributed by atoms with Gasteiger partial charge in [-0.1, -0.05) is 24.3 Å². The lowest BCUT2D eigenvalue weighted by Gasteiger charge is -2.31. The molecule has 1 saturated heterocycles. The number of likely N-dealkylation sites (tertiary alicyclic amines) is 1. The molecule has 0 saturated carbocycles. The average molecular weight is 511 g/mol. The van der Waals surface area contributed by atoms with Crippen molar-refractivity contribution in [3.8, 4) is 11.1 Å². The molecule has 7 heteroatoms. The number of benzene rings is 3. The van der Waals surface area contributed by atoms with Crippen molar-refractivity contribution in [1.82, 2.24) is 9.88 Å². The van der Waals surface area contributed by atoms with Gasteiger partial charge in [0.1, 0.15) is 5.82 Å². The predicted molar refractivity (Wildman–Crippen MR) is 148 cm³/mol. The first-order chi connectivity index (χ1) is 18.3. The Morgan fingerprint density at radius 2 is 1.66 bits per heavy atom. The molecule has 0 radical (unpaired) electrons. The van der Waals surface area contributed by atoms with Gasteiger partial charge in [-0.25, -0.2) is 4.39 Å². The Morgan fingerprint density at radius 1 is 1.00 bits per heavy atom. The molecule has 1 fully saturated rings. The van der Waals surface area contributed by atoms with Gasteiger partial charge in [0.25, 0.3) is 5.91 Å². The summed E-state index contributed by atoms with van der Waals surface area (Å²) in [6, 6.07) is 19.7. The Bertz CT molecular complexity index is 1460. The highest BCUT2D eigenvalue weighted by atomic mass is 19.1. The van der Waals surface area contributed by atoms with Crippen molar-refractivity contribution in [2.75, 3.05) is 18.4 Å². The van der Waals surface area contributed by atoms with Crippen molar-refractivity contribution in [3.05, 3.63) is 95.4 Å². The molecule has 1 aliphatic heterocycles. The van der Waals surface area contributed by atoms with Gasteiger partial charge in [0.05, 0.1) is 5.52 Å². The molecule has 6 nitrogen and oxygen atoms in total. The second kappa shape index (κ2) is 11.1. The van der Waals surface area contributed by atoms with Crippen molar-refractivity contribution in [2.24, 2.45) is 11.7 Å². The van der Waals surface area contributed by atoms with E-state index < -0.39 is 0 Å². The fourth-order valence-corrected chi connectivity index (χ4v) is 5.10. The molecule has 0 unspecified atom stereocenters. The van der Waals surface area contributed by atoms with Crippen LogP contribution in [0.2, 0.25) is 0 Å². The predicted octanol–water partition coefficient (Wildman–Crippen LogP) is 5.69. The number of carbonyl (C=O) groups is 2. The van der Waals surface area contributed by atoms with E-state index >= 15 is 0 Å². The number of hydrogen-bond donors (Lipinski definition) is 2. The van der Waals surface area contributed by atoms with Crippen LogP contribution in [-0.2, 0) is 11.3 Å². The van der Waals surface area contributed by atoms with Crippen molar-refractivity contribution >= 4 is 28.4 Å². The summed E-state index contributed by atoms with van der Waals surface area (Å²) >= 11 is 0. The minimum Gasteiger partial charge on any atom is -0.370 e. The van der Waals surface area contributed by atoms with E-state index in [9.17, 15) is 14.0 Å². The summed E-state index contributed by atoms with van der Waals surface area (Å²) in [4.78, 5) is 31.2. The number of aryl methyl sites for hydroxylation is 1. The summed E-state index contributed by atoms with van der Waals surface area (Å²) in [5.41, 5.74) is 11.3. The molecule has 2 heterocycles. The number of fused-ring (bicyclic) bond motifs is 1. The zero-order chi connectivity index (χ0) is 26.6. The molecule has 2 amide bonds. The number of nitrogens with one attached hydrogen (secondary N) is 1. The molecule has 0 spiro atoms. The van der Waals surface area contributed by atoms with E-state index in [0.717, 1.165) is 71.3 Å². The smallest absolute Gasteiger partial charge is 0.255 e. The zero-order valence-corrected chi connectivity index (χ0v) is 21.4. The van der Waals surface area contributed by atoms with E-state index in [-0.39, 0.29) is 17.6 Å². The third-order valence-corrected chi connectivity index (χ3v) is 7.26. The van der Waals surface area contributed by atoms with Gasteiger partial charge in [-0.05, 0) is 103 Å². The molecule has 0 atom stereocenters. The number of carbonyl (C=O) groups excluding carboxylic acids is 2. The van der Waals surface area contributed by atoms with Crippen LogP contribution < -0.4 is 11.1 Å². The van der Waals surface area contributed by atoms with E-state index in [2.05, 4.69) is 27.3 Å². The fourth-order valence-electron chi connectivity index (χ4n) is 5.10. The van der Waals surface area contributed by atoms with Crippen LogP contribution in [0.15, 0.2) is 72.9 Å². The van der Waals surface area contributed by atoms with Crippen LogP contribution >= 0.6 is 0 Å². The van der Waals surface area contributed by atoms with Gasteiger partial charge < -0.3 is 11.1 Å². The summed E-state index contributed by atoms with van der Waals surface area (Å²) in [7, 11) is 0. The third kappa shape index (κ3) is 6.06. The van der Waals surface area contributed by atoms with Crippen LogP contribution in [0.1, 0.15) is 40.7 Å². The Hall–Kier alpha value is -4.10. The van der Waals surface area contributed by atoms with Gasteiger partial charge >= 0.3 is 0 Å². The number of amides is 2. The average Bonchev–Trinajstić information content (AvgIpc) is 2.90. The lowest BCUT2D eigenvalue weighted by atomic mass is 9.93. The minimum atomic E-state index is -0.278. The normalized spacial score (nSPS) is 14.5. The number of halogens is 1. The second-order valence-corrected chi connectivity index (χ2v) is 10.1. The number of primary amides is 1. The lowest BCUT2D eigenvalue weighted by molar-refractivity contribution is -0.119. The van der Waals surface area contributed by atoms with E-state index in [1.54, 1.807) is 24.3 Å². The number of piperidine rings is 1. The number of aromatic nitrogens is 1. The maximum absolute atomic E-state index is 13.2. The van der Waals surface area contributed by atoms with Crippen LogP contribution in [0.3, 0.4) is 0 Å². The van der Waals surface area contributed by atoms with Crippen LogP contribution in [0.5, 0.6) is 0 Å². The maximum Gasteiger partial charge on any atom is 0.255 e. The first-order valence-electron chi connectivity index (χ1n) is 12.9. The zero-order valence-electron chi connectivity index (χ0n) is 21.4. The summed E-state index contributed by atoms with van der Waals surface area (Å²) in [6.07, 6.45) is 4.35. The number of rotatable bonds is 7. The highest BCUT2D eigenvalue weighted by Crippen LogP contribution is 2.26. The van der Waals surface area contributed by atoms with Crippen LogP contribution in [0.4, 0.5) is 10.1 Å². The molecule has 0 bridgehead atoms. The minimum absolute atomic E-state index is 0.200. The summed E-state index contributed by atoms with van der Waals surface area (Å²) < 4.78 is 13.2. The standard InChI is InChI=1S/C31H31FN4O2/c1-20-14-26-15-22(19-36-12-10-21(11-13-36)16-30(33)37)18-34-29(26)17-28(20)35-31(38)25-4-2-23(3-5-25)24-6-8-27(32)9-7-24/h2-9,14-15,17-18,21H,10-13,16,19H2,1H3,(H2,33,37)(H,35,38). The highest BCUT2D eigenvalue weighted by Gasteiger charge is 2.21. The van der Waals surface area contributed by atoms with Crippen molar-refractivity contribution in [3.63, 3.8) is 0 Å². The molecular weight excluding hydrogens is 479 g/mol. The molecule has 38 heavy (non-hydrogen) atoms. The molecule has 3 N–H and O–H groups in total. The van der Waals surface area contributed by atoms with E-state index in [1.165, 1.54) is 12.1 Å². The first-order valence-corrected chi connectivity index (χ1v) is 12.9. The number of nitrogens with zero attached hydrogens (tertiary/aromatic N) is 2. The van der Waals surface area contributed by atoms with Crippen molar-refractivity contribution in [2.45, 2.75) is 32.7 Å². The molecule has 194 valence electrons. The van der Waals surface area contributed by atoms with Crippen molar-refractivity contribution in [1.29, 1.82) is 0 Å². The fraction of sp³-hybridized carbons (Fsp3) is 0.258. The van der Waals surface area contributed by atoms with Crippen LogP contribution in [0, 0.1) is 18.7 Å². The summed E-state index contributed by atoms with van der Waals surface area (Å²) in [5, 5.41) is 4.05. The van der Waals surface area contributed by atoms with Gasteiger partial charge in [-0.3, -0.25) is 19.5 Å². The second-order valence-electron chi connectivity index (χ2n) is 10.1. The molecule has 0 aliphatic carbocycles. The lowest BCUT2D eigenvalue weighted by Crippen LogP contribution is -2.34. The Balaban J connectivity index is 1.24. The third-order valence-electron chi connectivity index (χ3n) is 7.26. The van der Waals surface area contributed by atoms with Gasteiger partial charge in [0.15, 0.2) is 0 Å². The first kappa shape index (κ1) is 25.5. The van der Waals surface area contributed by atoms with Crippen LogP contribution in [0.25, 0.3) is 22.0 Å². The summed E-state index contributed by atoms with van der Waals surface area (Å²) in [5.74, 6) is -0.301. The highest BCUT2D eigenvalue weighted by molar-refractivity contribution is 6.05. The maximum atomic E-state index is 13.2. The topological polar surface area (TPSA) is 88.3 Å². The molecule has 5 rings (SSSR count). The molecule has 4 aromatic rings. The SMILES string of the molecule is Cc1cc2cc(CN3CCC(CC(N)=O)CC3)cnc2cc1NC(=O)c1ccc(-c2ccc(F)cc2)cc1. The monoisotopic (exact) mass is 510 g/mol. The number of pyridine rings is 1. The van der Waals surface area contributed by atoms with Gasteiger partial charge in [0, 0.05) is 35.8 Å². The van der Waals surface area contributed by atoms with E-state index in [1.807, 2.05) is 31.3 Å². The molecular formula is C31H31FN4O2. The Labute approximate surface area is 221 Å². The van der Waals surface area contributed by atoms with Crippen LogP contribution in [-0.4, -0.2) is 34.8 Å². The largest absolute Gasteiger partial charge is 0.370 e. The number of anilines is 1. The van der Waals surface area contributed by atoms with Gasteiger partial charge in [0.2, 0.25) is 5.91 Å². The van der Waals surface area contributed by atoms with E-state index in [4.69, 9.17) is 5.73 Å². The Morgan fingerprint density at radius 3 is 2.32 bits per heavy atom. The number of nitrogens with two attached hydrogens (primary N) is 1. The molecule has 3 aromatic carbocycles. The van der Waals surface area contributed by atoms with Crippen molar-refractivity contribution < 1.29 is 14.0 Å². The van der Waals surface area contributed by atoms with Gasteiger partial charge in [-0.2, -0.15) is 0 Å². The number of hydrogen-bond acceptors (Lipinski definition) is 4. The molecule has 1 aliphatic rings. The quantitative estimate of drug-likeness (QED) is 0.334. The molecule has 1 aromatic heterocycles. The summed E-state index contributed by atoms with van der Waals surface area (Å²) in [6.45, 7) is 4.69.